The molecule has 0 aliphatic carbocycles. The molecule has 1 atom stereocenters. The van der Waals surface area contributed by atoms with E-state index < -0.39 is 0 Å². The molecule has 0 radical (unpaired) electrons. The Kier molecular flexibility index (Phi) is 5.70. The lowest BCUT2D eigenvalue weighted by atomic mass is 10.1. The number of hydrogen-bond acceptors (Lipinski definition) is 3. The molecule has 0 bridgehead atoms. The Morgan fingerprint density at radius 2 is 1.94 bits per heavy atom. The molecule has 1 aromatic carbocycles. The van der Waals surface area contributed by atoms with Gasteiger partial charge in [0, 0.05) is 20.0 Å². The first kappa shape index (κ1) is 13.7. The predicted molar refractivity (Wildman–Crippen MR) is 66.9 cm³/mol. The summed E-state index contributed by atoms with van der Waals surface area (Å²) in [5.41, 5.74) is 2.38. The molecule has 0 amide bonds. The zero-order valence-electron chi connectivity index (χ0n) is 10.7. The highest BCUT2D eigenvalue weighted by molar-refractivity contribution is 5.66. The highest BCUT2D eigenvalue weighted by Gasteiger charge is 2.12. The Bertz CT molecular complexity index is 343. The SMILES string of the molecule is CCOCC(Cc1ccc(C)cc1)OC(C)=O. The van der Waals surface area contributed by atoms with Crippen LogP contribution < -0.4 is 0 Å². The van der Waals surface area contributed by atoms with Crippen molar-refractivity contribution in [1.29, 1.82) is 0 Å². The van der Waals surface area contributed by atoms with Gasteiger partial charge in [-0.1, -0.05) is 29.8 Å². The lowest BCUT2D eigenvalue weighted by molar-refractivity contribution is -0.149. The molecule has 3 nitrogen and oxygen atoms in total. The van der Waals surface area contributed by atoms with E-state index in [0.717, 1.165) is 5.56 Å². The fourth-order valence-electron chi connectivity index (χ4n) is 1.61. The van der Waals surface area contributed by atoms with Gasteiger partial charge in [-0.3, -0.25) is 4.79 Å². The number of esters is 1. The lowest BCUT2D eigenvalue weighted by Gasteiger charge is -2.17. The van der Waals surface area contributed by atoms with Crippen LogP contribution >= 0.6 is 0 Å². The number of carbonyl (C=O) groups is 1. The van der Waals surface area contributed by atoms with Gasteiger partial charge >= 0.3 is 5.97 Å². The summed E-state index contributed by atoms with van der Waals surface area (Å²) in [7, 11) is 0. The lowest BCUT2D eigenvalue weighted by Crippen LogP contribution is -2.24. The molecule has 1 rings (SSSR count). The summed E-state index contributed by atoms with van der Waals surface area (Å²) < 4.78 is 10.5. The standard InChI is InChI=1S/C14H20O3/c1-4-16-10-14(17-12(3)15)9-13-7-5-11(2)6-8-13/h5-8,14H,4,9-10H2,1-3H3. The highest BCUT2D eigenvalue weighted by Crippen LogP contribution is 2.09. The molecule has 94 valence electrons. The van der Waals surface area contributed by atoms with Crippen molar-refractivity contribution in [3.05, 3.63) is 35.4 Å². The summed E-state index contributed by atoms with van der Waals surface area (Å²) >= 11 is 0. The first-order valence-corrected chi connectivity index (χ1v) is 5.92. The van der Waals surface area contributed by atoms with E-state index in [4.69, 9.17) is 9.47 Å². The minimum atomic E-state index is -0.262. The monoisotopic (exact) mass is 236 g/mol. The first-order chi connectivity index (χ1) is 8.11. The van der Waals surface area contributed by atoms with Gasteiger partial charge in [0.25, 0.3) is 0 Å². The second-order valence-corrected chi connectivity index (χ2v) is 4.08. The molecule has 0 saturated heterocycles. The van der Waals surface area contributed by atoms with Crippen LogP contribution in [0.2, 0.25) is 0 Å². The Hall–Kier alpha value is -1.35. The molecule has 0 saturated carbocycles. The summed E-state index contributed by atoms with van der Waals surface area (Å²) in [6.45, 7) is 6.48. The van der Waals surface area contributed by atoms with Gasteiger partial charge in [0.05, 0.1) is 6.61 Å². The molecule has 3 heteroatoms. The average Bonchev–Trinajstić information content (AvgIpc) is 2.28. The molecule has 0 aromatic heterocycles. The van der Waals surface area contributed by atoms with E-state index in [9.17, 15) is 4.79 Å². The average molecular weight is 236 g/mol. The molecule has 1 unspecified atom stereocenters. The summed E-state index contributed by atoms with van der Waals surface area (Å²) in [4.78, 5) is 11.0. The maximum Gasteiger partial charge on any atom is 0.302 e. The minimum absolute atomic E-state index is 0.199. The first-order valence-electron chi connectivity index (χ1n) is 5.92. The van der Waals surface area contributed by atoms with Gasteiger partial charge in [-0.2, -0.15) is 0 Å². The van der Waals surface area contributed by atoms with Crippen LogP contribution in [0, 0.1) is 6.92 Å². The topological polar surface area (TPSA) is 35.5 Å². The van der Waals surface area contributed by atoms with Crippen molar-refractivity contribution in [2.75, 3.05) is 13.2 Å². The Labute approximate surface area is 103 Å². The molecule has 0 aliphatic rings. The molecule has 0 N–H and O–H groups in total. The Balaban J connectivity index is 2.57. The van der Waals surface area contributed by atoms with Crippen molar-refractivity contribution in [2.45, 2.75) is 33.3 Å². The van der Waals surface area contributed by atoms with Gasteiger partial charge in [0.2, 0.25) is 0 Å². The second-order valence-electron chi connectivity index (χ2n) is 4.08. The smallest absolute Gasteiger partial charge is 0.302 e. The number of ether oxygens (including phenoxy) is 2. The van der Waals surface area contributed by atoms with Gasteiger partial charge in [-0.15, -0.1) is 0 Å². The van der Waals surface area contributed by atoms with Crippen molar-refractivity contribution < 1.29 is 14.3 Å². The second kappa shape index (κ2) is 7.07. The largest absolute Gasteiger partial charge is 0.460 e. The van der Waals surface area contributed by atoms with E-state index in [1.807, 2.05) is 13.8 Å². The van der Waals surface area contributed by atoms with Crippen LogP contribution in [0.15, 0.2) is 24.3 Å². The van der Waals surface area contributed by atoms with Crippen LogP contribution in [0.25, 0.3) is 0 Å². The number of carbonyl (C=O) groups excluding carboxylic acids is 1. The van der Waals surface area contributed by atoms with Gasteiger partial charge in [0.1, 0.15) is 6.10 Å². The highest BCUT2D eigenvalue weighted by atomic mass is 16.6. The van der Waals surface area contributed by atoms with Crippen LogP contribution in [0.3, 0.4) is 0 Å². The van der Waals surface area contributed by atoms with Gasteiger partial charge in [-0.05, 0) is 19.4 Å². The van der Waals surface area contributed by atoms with E-state index in [-0.39, 0.29) is 12.1 Å². The summed E-state index contributed by atoms with van der Waals surface area (Å²) in [6.07, 6.45) is 0.495. The van der Waals surface area contributed by atoms with Crippen LogP contribution in [-0.4, -0.2) is 25.3 Å². The van der Waals surface area contributed by atoms with E-state index in [1.54, 1.807) is 0 Å². The predicted octanol–water partition coefficient (Wildman–Crippen LogP) is 2.51. The quantitative estimate of drug-likeness (QED) is 0.712. The summed E-state index contributed by atoms with van der Waals surface area (Å²) in [5.74, 6) is -0.262. The van der Waals surface area contributed by atoms with E-state index in [2.05, 4.69) is 24.3 Å². The molecular formula is C14H20O3. The minimum Gasteiger partial charge on any atom is -0.460 e. The third-order valence-corrected chi connectivity index (χ3v) is 2.42. The normalized spacial score (nSPS) is 12.2. The number of benzene rings is 1. The summed E-state index contributed by atoms with van der Waals surface area (Å²) in [5, 5.41) is 0. The van der Waals surface area contributed by atoms with Gasteiger partial charge in [-0.25, -0.2) is 0 Å². The molecular weight excluding hydrogens is 216 g/mol. The van der Waals surface area contributed by atoms with Crippen LogP contribution in [0.4, 0.5) is 0 Å². The molecule has 0 fully saturated rings. The maximum atomic E-state index is 11.0. The van der Waals surface area contributed by atoms with Crippen molar-refractivity contribution in [3.63, 3.8) is 0 Å². The molecule has 1 aromatic rings. The third kappa shape index (κ3) is 5.50. The fourth-order valence-corrected chi connectivity index (χ4v) is 1.61. The number of aryl methyl sites for hydroxylation is 1. The van der Waals surface area contributed by atoms with Gasteiger partial charge < -0.3 is 9.47 Å². The Morgan fingerprint density at radius 3 is 2.47 bits per heavy atom. The fraction of sp³-hybridized carbons (Fsp3) is 0.500. The number of rotatable bonds is 6. The maximum absolute atomic E-state index is 11.0. The third-order valence-electron chi connectivity index (χ3n) is 2.42. The van der Waals surface area contributed by atoms with E-state index >= 15 is 0 Å². The number of hydrogen-bond donors (Lipinski definition) is 0. The van der Waals surface area contributed by atoms with Crippen molar-refractivity contribution in [3.8, 4) is 0 Å². The van der Waals surface area contributed by atoms with Crippen LogP contribution in [0.5, 0.6) is 0 Å². The zero-order chi connectivity index (χ0) is 12.7. The van der Waals surface area contributed by atoms with E-state index in [1.165, 1.54) is 12.5 Å². The molecule has 0 aliphatic heterocycles. The molecule has 0 spiro atoms. The van der Waals surface area contributed by atoms with Crippen LogP contribution in [0.1, 0.15) is 25.0 Å². The van der Waals surface area contributed by atoms with Gasteiger partial charge in [0.15, 0.2) is 0 Å². The molecule has 17 heavy (non-hydrogen) atoms. The van der Waals surface area contributed by atoms with Crippen molar-refractivity contribution in [2.24, 2.45) is 0 Å². The molecule has 0 heterocycles. The summed E-state index contributed by atoms with van der Waals surface area (Å²) in [6, 6.07) is 8.22. The van der Waals surface area contributed by atoms with E-state index in [0.29, 0.717) is 19.6 Å². The van der Waals surface area contributed by atoms with Crippen molar-refractivity contribution >= 4 is 5.97 Å². The van der Waals surface area contributed by atoms with Crippen molar-refractivity contribution in [1.82, 2.24) is 0 Å². The Morgan fingerprint density at radius 1 is 1.29 bits per heavy atom. The zero-order valence-corrected chi connectivity index (χ0v) is 10.7. The van der Waals surface area contributed by atoms with Crippen LogP contribution in [-0.2, 0) is 20.7 Å².